The Morgan fingerprint density at radius 3 is 2.40 bits per heavy atom. The summed E-state index contributed by atoms with van der Waals surface area (Å²) in [5, 5.41) is 3.68. The number of hydrogen-bond acceptors (Lipinski definition) is 3. The van der Waals surface area contributed by atoms with Crippen LogP contribution >= 0.6 is 0 Å². The van der Waals surface area contributed by atoms with Gasteiger partial charge < -0.3 is 9.80 Å². The minimum atomic E-state index is -0.224. The SMILES string of the molecule is CCN(CC)CCN1C(=O)C2(CCCC2)NC1C(C)C. The number of likely N-dealkylation sites (N-methyl/N-ethyl adjacent to an activating group) is 1. The van der Waals surface area contributed by atoms with E-state index in [0.29, 0.717) is 11.8 Å². The maximum absolute atomic E-state index is 12.9. The molecule has 1 saturated carbocycles. The van der Waals surface area contributed by atoms with Crippen LogP contribution in [0.5, 0.6) is 0 Å². The number of nitrogens with one attached hydrogen (secondary N) is 1. The molecule has 2 rings (SSSR count). The smallest absolute Gasteiger partial charge is 0.244 e. The molecule has 1 aliphatic heterocycles. The van der Waals surface area contributed by atoms with Gasteiger partial charge in [0.05, 0.1) is 11.7 Å². The highest BCUT2D eigenvalue weighted by atomic mass is 16.2. The van der Waals surface area contributed by atoms with Crippen LogP contribution in [-0.4, -0.2) is 53.6 Å². The van der Waals surface area contributed by atoms with Gasteiger partial charge in [-0.25, -0.2) is 0 Å². The van der Waals surface area contributed by atoms with E-state index in [-0.39, 0.29) is 11.7 Å². The molecule has 0 aromatic heterocycles. The molecule has 1 spiro atoms. The van der Waals surface area contributed by atoms with Gasteiger partial charge in [-0.05, 0) is 31.8 Å². The fourth-order valence-corrected chi connectivity index (χ4v) is 3.72. The van der Waals surface area contributed by atoms with Crippen LogP contribution in [-0.2, 0) is 4.79 Å². The molecule has 1 saturated heterocycles. The molecular weight excluding hydrogens is 250 g/mol. The van der Waals surface area contributed by atoms with E-state index in [1.165, 1.54) is 12.8 Å². The summed E-state index contributed by atoms with van der Waals surface area (Å²) in [6.45, 7) is 12.8. The predicted octanol–water partition coefficient (Wildman–Crippen LogP) is 2.05. The molecule has 1 unspecified atom stereocenters. The van der Waals surface area contributed by atoms with Crippen LogP contribution in [0.4, 0.5) is 0 Å². The summed E-state index contributed by atoms with van der Waals surface area (Å²) in [6.07, 6.45) is 4.64. The van der Waals surface area contributed by atoms with Gasteiger partial charge in [0.1, 0.15) is 0 Å². The van der Waals surface area contributed by atoms with Crippen molar-refractivity contribution in [2.45, 2.75) is 65.1 Å². The van der Waals surface area contributed by atoms with Crippen LogP contribution < -0.4 is 5.32 Å². The highest BCUT2D eigenvalue weighted by Gasteiger charge is 2.52. The van der Waals surface area contributed by atoms with Gasteiger partial charge in [0.15, 0.2) is 0 Å². The number of rotatable bonds is 6. The second-order valence-corrected chi connectivity index (χ2v) is 6.65. The Labute approximate surface area is 123 Å². The van der Waals surface area contributed by atoms with E-state index in [0.717, 1.165) is 39.0 Å². The lowest BCUT2D eigenvalue weighted by Gasteiger charge is -2.29. The predicted molar refractivity (Wildman–Crippen MR) is 82.5 cm³/mol. The Kier molecular flexibility index (Phi) is 5.08. The highest BCUT2D eigenvalue weighted by molar-refractivity contribution is 5.89. The molecule has 2 aliphatic rings. The molecule has 1 atom stereocenters. The monoisotopic (exact) mass is 281 g/mol. The Hall–Kier alpha value is -0.610. The third-order valence-corrected chi connectivity index (χ3v) is 5.07. The number of nitrogens with zero attached hydrogens (tertiary/aromatic N) is 2. The first kappa shape index (κ1) is 15.8. The van der Waals surface area contributed by atoms with Crippen molar-refractivity contribution in [3.05, 3.63) is 0 Å². The van der Waals surface area contributed by atoms with Crippen molar-refractivity contribution in [2.75, 3.05) is 26.2 Å². The van der Waals surface area contributed by atoms with E-state index in [1.807, 2.05) is 0 Å². The molecule has 4 nitrogen and oxygen atoms in total. The van der Waals surface area contributed by atoms with Crippen LogP contribution in [0.2, 0.25) is 0 Å². The number of amides is 1. The third kappa shape index (κ3) is 2.86. The van der Waals surface area contributed by atoms with Gasteiger partial charge in [-0.15, -0.1) is 0 Å². The van der Waals surface area contributed by atoms with E-state index < -0.39 is 0 Å². The molecule has 0 aromatic rings. The van der Waals surface area contributed by atoms with Crippen LogP contribution in [0.15, 0.2) is 0 Å². The minimum Gasteiger partial charge on any atom is -0.324 e. The van der Waals surface area contributed by atoms with Gasteiger partial charge in [-0.2, -0.15) is 0 Å². The summed E-state index contributed by atoms with van der Waals surface area (Å²) in [7, 11) is 0. The molecular formula is C16H31N3O. The fraction of sp³-hybridized carbons (Fsp3) is 0.938. The first-order chi connectivity index (χ1) is 9.54. The molecule has 0 bridgehead atoms. The molecule has 20 heavy (non-hydrogen) atoms. The topological polar surface area (TPSA) is 35.6 Å². The van der Waals surface area contributed by atoms with Crippen molar-refractivity contribution in [3.8, 4) is 0 Å². The van der Waals surface area contributed by atoms with Crippen LogP contribution in [0.1, 0.15) is 53.4 Å². The Morgan fingerprint density at radius 2 is 1.90 bits per heavy atom. The molecule has 1 N–H and O–H groups in total. The van der Waals surface area contributed by atoms with Crippen molar-refractivity contribution < 1.29 is 4.79 Å². The Morgan fingerprint density at radius 1 is 1.30 bits per heavy atom. The van der Waals surface area contributed by atoms with Crippen LogP contribution in [0.25, 0.3) is 0 Å². The summed E-state index contributed by atoms with van der Waals surface area (Å²) < 4.78 is 0. The molecule has 116 valence electrons. The van der Waals surface area contributed by atoms with Gasteiger partial charge in [-0.3, -0.25) is 10.1 Å². The summed E-state index contributed by atoms with van der Waals surface area (Å²) in [5.74, 6) is 0.830. The Balaban J connectivity index is 2.06. The molecule has 1 aliphatic carbocycles. The van der Waals surface area contributed by atoms with Crippen molar-refractivity contribution in [3.63, 3.8) is 0 Å². The molecule has 1 amide bonds. The molecule has 1 heterocycles. The summed E-state index contributed by atoms with van der Waals surface area (Å²) in [4.78, 5) is 17.4. The summed E-state index contributed by atoms with van der Waals surface area (Å²) in [6, 6.07) is 0. The first-order valence-electron chi connectivity index (χ1n) is 8.35. The van der Waals surface area contributed by atoms with Crippen LogP contribution in [0, 0.1) is 5.92 Å². The lowest BCUT2D eigenvalue weighted by atomic mass is 9.98. The normalized spacial score (nSPS) is 25.6. The van der Waals surface area contributed by atoms with E-state index >= 15 is 0 Å². The van der Waals surface area contributed by atoms with Crippen molar-refractivity contribution in [1.29, 1.82) is 0 Å². The van der Waals surface area contributed by atoms with Crippen molar-refractivity contribution >= 4 is 5.91 Å². The van der Waals surface area contributed by atoms with E-state index in [2.05, 4.69) is 42.8 Å². The van der Waals surface area contributed by atoms with Crippen LogP contribution in [0.3, 0.4) is 0 Å². The third-order valence-electron chi connectivity index (χ3n) is 5.07. The van der Waals surface area contributed by atoms with Gasteiger partial charge in [0, 0.05) is 13.1 Å². The lowest BCUT2D eigenvalue weighted by Crippen LogP contribution is -2.46. The van der Waals surface area contributed by atoms with Gasteiger partial charge in [0.2, 0.25) is 5.91 Å². The zero-order valence-corrected chi connectivity index (χ0v) is 13.6. The highest BCUT2D eigenvalue weighted by Crippen LogP contribution is 2.37. The molecule has 2 fully saturated rings. The molecule has 0 aromatic carbocycles. The van der Waals surface area contributed by atoms with Gasteiger partial charge in [-0.1, -0.05) is 40.5 Å². The van der Waals surface area contributed by atoms with E-state index in [4.69, 9.17) is 0 Å². The molecule has 4 heteroatoms. The second-order valence-electron chi connectivity index (χ2n) is 6.65. The zero-order chi connectivity index (χ0) is 14.8. The van der Waals surface area contributed by atoms with E-state index in [1.54, 1.807) is 0 Å². The average Bonchev–Trinajstić information content (AvgIpc) is 3.00. The fourth-order valence-electron chi connectivity index (χ4n) is 3.72. The number of carbonyl (C=O) groups excluding carboxylic acids is 1. The van der Waals surface area contributed by atoms with Crippen molar-refractivity contribution in [1.82, 2.24) is 15.1 Å². The van der Waals surface area contributed by atoms with Gasteiger partial charge in [0.25, 0.3) is 0 Å². The zero-order valence-electron chi connectivity index (χ0n) is 13.6. The number of carbonyl (C=O) groups is 1. The summed E-state index contributed by atoms with van der Waals surface area (Å²) in [5.41, 5.74) is -0.224. The van der Waals surface area contributed by atoms with Gasteiger partial charge >= 0.3 is 0 Å². The molecule has 0 radical (unpaired) electrons. The second kappa shape index (κ2) is 6.44. The first-order valence-corrected chi connectivity index (χ1v) is 8.35. The maximum atomic E-state index is 12.9. The quantitative estimate of drug-likeness (QED) is 0.809. The average molecular weight is 281 g/mol. The number of hydrogen-bond donors (Lipinski definition) is 1. The standard InChI is InChI=1S/C16H31N3O/c1-5-18(6-2)11-12-19-14(13(3)4)17-16(15(19)20)9-7-8-10-16/h13-14,17H,5-12H2,1-4H3. The summed E-state index contributed by atoms with van der Waals surface area (Å²) >= 11 is 0. The maximum Gasteiger partial charge on any atom is 0.244 e. The van der Waals surface area contributed by atoms with Crippen molar-refractivity contribution in [2.24, 2.45) is 5.92 Å². The Bertz CT molecular complexity index is 333. The minimum absolute atomic E-state index is 0.219. The van der Waals surface area contributed by atoms with E-state index in [9.17, 15) is 4.79 Å². The largest absolute Gasteiger partial charge is 0.324 e. The lowest BCUT2D eigenvalue weighted by molar-refractivity contribution is -0.133.